The van der Waals surface area contributed by atoms with Gasteiger partial charge in [0.25, 0.3) is 0 Å². The van der Waals surface area contributed by atoms with Crippen molar-refractivity contribution in [2.75, 3.05) is 7.05 Å². The molecule has 0 aliphatic heterocycles. The van der Waals surface area contributed by atoms with Crippen molar-refractivity contribution in [3.05, 3.63) is 88.2 Å². The van der Waals surface area contributed by atoms with Crippen molar-refractivity contribution in [3.63, 3.8) is 0 Å². The first-order valence-corrected chi connectivity index (χ1v) is 11.9. The van der Waals surface area contributed by atoms with Crippen LogP contribution in [0, 0.1) is 18.3 Å². The fourth-order valence-electron chi connectivity index (χ4n) is 3.55. The molecule has 0 bridgehead atoms. The minimum atomic E-state index is -4.46. The van der Waals surface area contributed by atoms with Gasteiger partial charge in [0.2, 0.25) is 5.91 Å². The van der Waals surface area contributed by atoms with Gasteiger partial charge in [-0.05, 0) is 66.8 Å². The van der Waals surface area contributed by atoms with E-state index in [4.69, 9.17) is 11.6 Å². The molecule has 0 aliphatic carbocycles. The molecule has 3 rings (SSSR count). The zero-order valence-corrected chi connectivity index (χ0v) is 20.7. The monoisotopic (exact) mass is 520 g/mol. The largest absolute Gasteiger partial charge is 0.416 e. The van der Waals surface area contributed by atoms with Gasteiger partial charge in [0.15, 0.2) is 0 Å². The Morgan fingerprint density at radius 2 is 1.97 bits per heavy atom. The standard InChI is InChI=1S/C25H24ClF3N4OS/c1-17-6-3-10-21(26)23(17)35-31-22(11-13-33-12-5-9-20(33)15-30)24(34)32(2)16-18-7-4-8-19(14-18)25(27,28)29/h3-10,12,14,22,31H,11,13,16H2,1-2H3. The second-order valence-electron chi connectivity index (χ2n) is 8.04. The molecule has 0 saturated heterocycles. The van der Waals surface area contributed by atoms with Crippen LogP contribution in [0.2, 0.25) is 5.02 Å². The van der Waals surface area contributed by atoms with Crippen LogP contribution in [-0.2, 0) is 24.1 Å². The van der Waals surface area contributed by atoms with Gasteiger partial charge in [-0.25, -0.2) is 4.72 Å². The van der Waals surface area contributed by atoms with Crippen molar-refractivity contribution in [2.45, 2.75) is 43.5 Å². The van der Waals surface area contributed by atoms with E-state index in [2.05, 4.69) is 10.8 Å². The number of likely N-dealkylation sites (N-methyl/N-ethyl adjacent to an activating group) is 1. The summed E-state index contributed by atoms with van der Waals surface area (Å²) in [6.45, 7) is 2.33. The number of nitrogens with one attached hydrogen (secondary N) is 1. The molecule has 1 aromatic heterocycles. The lowest BCUT2D eigenvalue weighted by atomic mass is 10.1. The molecule has 184 valence electrons. The zero-order valence-electron chi connectivity index (χ0n) is 19.1. The van der Waals surface area contributed by atoms with Crippen molar-refractivity contribution in [1.29, 1.82) is 5.26 Å². The Bertz CT molecular complexity index is 1200. The predicted molar refractivity (Wildman–Crippen MR) is 131 cm³/mol. The van der Waals surface area contributed by atoms with Crippen LogP contribution in [0.3, 0.4) is 0 Å². The number of rotatable bonds is 9. The zero-order chi connectivity index (χ0) is 25.6. The summed E-state index contributed by atoms with van der Waals surface area (Å²) in [7, 11) is 1.55. The van der Waals surface area contributed by atoms with Crippen LogP contribution in [0.15, 0.2) is 65.7 Å². The van der Waals surface area contributed by atoms with E-state index in [0.29, 0.717) is 29.2 Å². The van der Waals surface area contributed by atoms with Crippen molar-refractivity contribution in [1.82, 2.24) is 14.2 Å². The molecule has 0 fully saturated rings. The molecule has 0 saturated carbocycles. The quantitative estimate of drug-likeness (QED) is 0.349. The highest BCUT2D eigenvalue weighted by Gasteiger charge is 2.30. The molecule has 0 spiro atoms. The number of amides is 1. The molecular formula is C25H24ClF3N4OS. The number of hydrogen-bond donors (Lipinski definition) is 1. The molecule has 3 aromatic rings. The van der Waals surface area contributed by atoms with Crippen molar-refractivity contribution >= 4 is 29.5 Å². The van der Waals surface area contributed by atoms with Crippen LogP contribution < -0.4 is 4.72 Å². The Morgan fingerprint density at radius 1 is 1.23 bits per heavy atom. The minimum absolute atomic E-state index is 0.0175. The van der Waals surface area contributed by atoms with E-state index in [9.17, 15) is 23.2 Å². The number of carbonyl (C=O) groups is 1. The average Bonchev–Trinajstić information content (AvgIpc) is 3.27. The molecule has 0 radical (unpaired) electrons. The Morgan fingerprint density at radius 3 is 2.66 bits per heavy atom. The molecular weight excluding hydrogens is 497 g/mol. The number of aromatic nitrogens is 1. The number of aryl methyl sites for hydroxylation is 2. The second-order valence-corrected chi connectivity index (χ2v) is 9.29. The fraction of sp³-hybridized carbons (Fsp3) is 0.280. The number of alkyl halides is 3. The van der Waals surface area contributed by atoms with Crippen LogP contribution in [0.4, 0.5) is 13.2 Å². The highest BCUT2D eigenvalue weighted by atomic mass is 35.5. The van der Waals surface area contributed by atoms with Gasteiger partial charge in [0, 0.05) is 31.2 Å². The number of hydrogen-bond acceptors (Lipinski definition) is 4. The number of nitriles is 1. The third kappa shape index (κ3) is 7.04. The van der Waals surface area contributed by atoms with Crippen LogP contribution in [0.5, 0.6) is 0 Å². The van der Waals surface area contributed by atoms with Crippen molar-refractivity contribution in [3.8, 4) is 6.07 Å². The summed E-state index contributed by atoms with van der Waals surface area (Å²) in [5.74, 6) is -0.287. The van der Waals surface area contributed by atoms with Crippen LogP contribution in [0.25, 0.3) is 0 Å². The highest BCUT2D eigenvalue weighted by Crippen LogP contribution is 2.30. The van der Waals surface area contributed by atoms with Gasteiger partial charge >= 0.3 is 6.18 Å². The number of nitrogens with zero attached hydrogens (tertiary/aromatic N) is 3. The summed E-state index contributed by atoms with van der Waals surface area (Å²) in [6.07, 6.45) is -2.34. The molecule has 1 unspecified atom stereocenters. The molecule has 1 amide bonds. The maximum absolute atomic E-state index is 13.4. The Labute approximate surface area is 211 Å². The Balaban J connectivity index is 1.77. The minimum Gasteiger partial charge on any atom is -0.340 e. The van der Waals surface area contributed by atoms with Crippen molar-refractivity contribution < 1.29 is 18.0 Å². The van der Waals surface area contributed by atoms with E-state index >= 15 is 0 Å². The van der Waals surface area contributed by atoms with E-state index in [0.717, 1.165) is 22.6 Å². The van der Waals surface area contributed by atoms with Gasteiger partial charge in [-0.2, -0.15) is 18.4 Å². The Hall–Kier alpha value is -2.93. The lowest BCUT2D eigenvalue weighted by molar-refractivity contribution is -0.137. The second kappa shape index (κ2) is 11.7. The van der Waals surface area contributed by atoms with E-state index < -0.39 is 17.8 Å². The predicted octanol–water partition coefficient (Wildman–Crippen LogP) is 6.05. The van der Waals surface area contributed by atoms with E-state index in [1.165, 1.54) is 22.9 Å². The van der Waals surface area contributed by atoms with Crippen LogP contribution in [-0.4, -0.2) is 28.5 Å². The topological polar surface area (TPSA) is 61.1 Å². The van der Waals surface area contributed by atoms with Gasteiger partial charge in [0.05, 0.1) is 16.6 Å². The summed E-state index contributed by atoms with van der Waals surface area (Å²) in [5.41, 5.74) is 1.03. The number of carbonyl (C=O) groups excluding carboxylic acids is 1. The molecule has 0 aliphatic rings. The molecule has 2 aromatic carbocycles. The molecule has 1 N–H and O–H groups in total. The summed E-state index contributed by atoms with van der Waals surface area (Å²) in [4.78, 5) is 15.5. The molecule has 10 heteroatoms. The first-order valence-electron chi connectivity index (χ1n) is 10.7. The molecule has 5 nitrogen and oxygen atoms in total. The average molecular weight is 521 g/mol. The summed E-state index contributed by atoms with van der Waals surface area (Å²) >= 11 is 7.56. The molecule has 1 atom stereocenters. The SMILES string of the molecule is Cc1cccc(Cl)c1SNC(CCn1cccc1C#N)C(=O)N(C)Cc1cccc(C(F)(F)F)c1. The first kappa shape index (κ1) is 26.7. The lowest BCUT2D eigenvalue weighted by Crippen LogP contribution is -2.43. The van der Waals surface area contributed by atoms with Gasteiger partial charge < -0.3 is 9.47 Å². The molecule has 1 heterocycles. The normalized spacial score (nSPS) is 12.3. The van der Waals surface area contributed by atoms with Gasteiger partial charge in [0.1, 0.15) is 11.8 Å². The smallest absolute Gasteiger partial charge is 0.340 e. The summed E-state index contributed by atoms with van der Waals surface area (Å²) in [5, 5.41) is 9.81. The number of halogens is 4. The van der Waals surface area contributed by atoms with Gasteiger partial charge in [-0.15, -0.1) is 0 Å². The van der Waals surface area contributed by atoms with E-state index in [1.54, 1.807) is 42.1 Å². The summed E-state index contributed by atoms with van der Waals surface area (Å²) < 4.78 is 44.2. The third-order valence-corrected chi connectivity index (χ3v) is 6.99. The van der Waals surface area contributed by atoms with Crippen LogP contribution >= 0.6 is 23.5 Å². The van der Waals surface area contributed by atoms with E-state index in [1.807, 2.05) is 19.1 Å². The fourth-order valence-corrected chi connectivity index (χ4v) is 4.76. The summed E-state index contributed by atoms with van der Waals surface area (Å²) in [6, 6.07) is 15.3. The molecule has 35 heavy (non-hydrogen) atoms. The maximum atomic E-state index is 13.4. The number of benzene rings is 2. The van der Waals surface area contributed by atoms with Crippen molar-refractivity contribution in [2.24, 2.45) is 0 Å². The van der Waals surface area contributed by atoms with Crippen LogP contribution in [0.1, 0.15) is 28.8 Å². The van der Waals surface area contributed by atoms with E-state index in [-0.39, 0.29) is 12.5 Å². The van der Waals surface area contributed by atoms with Gasteiger partial charge in [-0.3, -0.25) is 4.79 Å². The van der Waals surface area contributed by atoms with Gasteiger partial charge in [-0.1, -0.05) is 35.9 Å². The Kier molecular flexibility index (Phi) is 8.89. The third-order valence-electron chi connectivity index (χ3n) is 5.42. The highest BCUT2D eigenvalue weighted by molar-refractivity contribution is 7.97. The first-order chi connectivity index (χ1) is 16.6. The lowest BCUT2D eigenvalue weighted by Gasteiger charge is -2.25. The maximum Gasteiger partial charge on any atom is 0.416 e.